The SMILES string of the molecule is CCCCCCCOc1ccc(Nc2nc(-c3ccc(F)nc3)cs2)cc1. The molecular formula is C21H24FN3OS. The summed E-state index contributed by atoms with van der Waals surface area (Å²) in [7, 11) is 0. The number of benzene rings is 1. The summed E-state index contributed by atoms with van der Waals surface area (Å²) in [5.41, 5.74) is 2.52. The summed E-state index contributed by atoms with van der Waals surface area (Å²) >= 11 is 1.50. The van der Waals surface area contributed by atoms with Gasteiger partial charge in [0.15, 0.2) is 5.13 Å². The summed E-state index contributed by atoms with van der Waals surface area (Å²) in [6.45, 7) is 2.98. The van der Waals surface area contributed by atoms with Gasteiger partial charge in [-0.2, -0.15) is 4.39 Å². The molecule has 0 amide bonds. The highest BCUT2D eigenvalue weighted by molar-refractivity contribution is 7.14. The Kier molecular flexibility index (Phi) is 7.16. The molecule has 0 saturated carbocycles. The van der Waals surface area contributed by atoms with Gasteiger partial charge in [-0.3, -0.25) is 0 Å². The largest absolute Gasteiger partial charge is 0.494 e. The molecule has 3 aromatic rings. The molecule has 0 radical (unpaired) electrons. The van der Waals surface area contributed by atoms with Crippen LogP contribution in [0.4, 0.5) is 15.2 Å². The molecule has 0 saturated heterocycles. The van der Waals surface area contributed by atoms with Gasteiger partial charge in [0.2, 0.25) is 5.95 Å². The van der Waals surface area contributed by atoms with Gasteiger partial charge >= 0.3 is 0 Å². The van der Waals surface area contributed by atoms with Gasteiger partial charge in [-0.1, -0.05) is 32.6 Å². The normalized spacial score (nSPS) is 10.7. The van der Waals surface area contributed by atoms with Crippen LogP contribution in [0.15, 0.2) is 48.0 Å². The zero-order valence-electron chi connectivity index (χ0n) is 15.5. The van der Waals surface area contributed by atoms with Crippen molar-refractivity contribution < 1.29 is 9.13 Å². The topological polar surface area (TPSA) is 47.0 Å². The van der Waals surface area contributed by atoms with Crippen LogP contribution in [0.25, 0.3) is 11.3 Å². The Bertz CT molecular complexity index is 818. The van der Waals surface area contributed by atoms with Crippen molar-refractivity contribution in [3.63, 3.8) is 0 Å². The number of nitrogens with one attached hydrogen (secondary N) is 1. The lowest BCUT2D eigenvalue weighted by molar-refractivity contribution is 0.304. The monoisotopic (exact) mass is 385 g/mol. The number of rotatable bonds is 10. The van der Waals surface area contributed by atoms with E-state index in [1.807, 2.05) is 29.6 Å². The summed E-state index contributed by atoms with van der Waals surface area (Å²) in [5, 5.41) is 5.98. The molecule has 0 bridgehead atoms. The van der Waals surface area contributed by atoms with Crippen LogP contribution in [-0.4, -0.2) is 16.6 Å². The van der Waals surface area contributed by atoms with Gasteiger partial charge in [-0.25, -0.2) is 9.97 Å². The van der Waals surface area contributed by atoms with Crippen molar-refractivity contribution in [1.29, 1.82) is 0 Å². The lowest BCUT2D eigenvalue weighted by Crippen LogP contribution is -1.97. The fraction of sp³-hybridized carbons (Fsp3) is 0.333. The fourth-order valence-electron chi connectivity index (χ4n) is 2.64. The number of halogens is 1. The van der Waals surface area contributed by atoms with Gasteiger partial charge in [-0.05, 0) is 42.8 Å². The lowest BCUT2D eigenvalue weighted by atomic mass is 10.2. The molecule has 4 nitrogen and oxygen atoms in total. The first kappa shape index (κ1) is 19.3. The first-order chi connectivity index (χ1) is 13.2. The Morgan fingerprint density at radius 3 is 2.59 bits per heavy atom. The molecule has 2 aromatic heterocycles. The first-order valence-electron chi connectivity index (χ1n) is 9.32. The summed E-state index contributed by atoms with van der Waals surface area (Å²) in [6, 6.07) is 10.9. The summed E-state index contributed by atoms with van der Waals surface area (Å²) in [5.74, 6) is 0.392. The number of nitrogens with zero attached hydrogens (tertiary/aromatic N) is 2. The van der Waals surface area contributed by atoms with E-state index in [1.165, 1.54) is 49.3 Å². The molecule has 1 N–H and O–H groups in total. The van der Waals surface area contributed by atoms with Gasteiger partial charge in [0.1, 0.15) is 5.75 Å². The van der Waals surface area contributed by atoms with Crippen LogP contribution < -0.4 is 10.1 Å². The van der Waals surface area contributed by atoms with Crippen molar-refractivity contribution in [2.24, 2.45) is 0 Å². The number of unbranched alkanes of at least 4 members (excludes halogenated alkanes) is 4. The van der Waals surface area contributed by atoms with Gasteiger partial charge in [0.25, 0.3) is 0 Å². The van der Waals surface area contributed by atoms with E-state index in [0.29, 0.717) is 0 Å². The Balaban J connectivity index is 1.49. The van der Waals surface area contributed by atoms with Crippen molar-refractivity contribution in [3.8, 4) is 17.0 Å². The van der Waals surface area contributed by atoms with E-state index >= 15 is 0 Å². The van der Waals surface area contributed by atoms with E-state index in [0.717, 1.165) is 40.9 Å². The number of hydrogen-bond acceptors (Lipinski definition) is 5. The second kappa shape index (κ2) is 10.0. The second-order valence-corrected chi connectivity index (χ2v) is 7.18. The molecule has 0 spiro atoms. The molecule has 27 heavy (non-hydrogen) atoms. The predicted octanol–water partition coefficient (Wildman–Crippen LogP) is 6.44. The highest BCUT2D eigenvalue weighted by Crippen LogP contribution is 2.27. The minimum atomic E-state index is -0.490. The van der Waals surface area contributed by atoms with Crippen LogP contribution in [0.1, 0.15) is 39.0 Å². The Morgan fingerprint density at radius 2 is 1.85 bits per heavy atom. The zero-order valence-corrected chi connectivity index (χ0v) is 16.3. The van der Waals surface area contributed by atoms with E-state index in [9.17, 15) is 4.39 Å². The van der Waals surface area contributed by atoms with E-state index in [2.05, 4.69) is 22.2 Å². The minimum absolute atomic E-state index is 0.490. The molecule has 0 aliphatic rings. The highest BCUT2D eigenvalue weighted by Gasteiger charge is 2.06. The Labute approximate surface area is 163 Å². The molecule has 142 valence electrons. The average molecular weight is 386 g/mol. The van der Waals surface area contributed by atoms with Crippen LogP contribution >= 0.6 is 11.3 Å². The van der Waals surface area contributed by atoms with E-state index in [-0.39, 0.29) is 0 Å². The maximum absolute atomic E-state index is 12.9. The third kappa shape index (κ3) is 6.03. The van der Waals surface area contributed by atoms with E-state index < -0.39 is 5.95 Å². The summed E-state index contributed by atoms with van der Waals surface area (Å²) in [6.07, 6.45) is 7.66. The van der Waals surface area contributed by atoms with E-state index in [1.54, 1.807) is 6.07 Å². The molecule has 3 rings (SSSR count). The standard InChI is InChI=1S/C21H24FN3OS/c1-2-3-4-5-6-13-26-18-10-8-17(9-11-18)24-21-25-19(15-27-21)16-7-12-20(22)23-14-16/h7-12,14-15H,2-6,13H2,1H3,(H,24,25). The van der Waals surface area contributed by atoms with Crippen molar-refractivity contribution >= 4 is 22.2 Å². The molecule has 0 aliphatic carbocycles. The molecule has 1 aromatic carbocycles. The number of hydrogen-bond donors (Lipinski definition) is 1. The molecule has 0 aliphatic heterocycles. The Morgan fingerprint density at radius 1 is 1.04 bits per heavy atom. The number of thiazole rings is 1. The highest BCUT2D eigenvalue weighted by atomic mass is 32.1. The lowest BCUT2D eigenvalue weighted by Gasteiger charge is -2.07. The number of pyridine rings is 1. The molecule has 0 unspecified atom stereocenters. The summed E-state index contributed by atoms with van der Waals surface area (Å²) < 4.78 is 18.7. The maximum Gasteiger partial charge on any atom is 0.212 e. The molecular weight excluding hydrogens is 361 g/mol. The average Bonchev–Trinajstić information content (AvgIpc) is 3.15. The maximum atomic E-state index is 12.9. The third-order valence-corrected chi connectivity index (χ3v) is 4.91. The molecule has 2 heterocycles. The quantitative estimate of drug-likeness (QED) is 0.322. The van der Waals surface area contributed by atoms with Gasteiger partial charge in [0, 0.05) is 22.8 Å². The fourth-order valence-corrected chi connectivity index (χ4v) is 3.38. The van der Waals surface area contributed by atoms with Crippen molar-refractivity contribution in [3.05, 3.63) is 53.9 Å². The molecule has 0 atom stereocenters. The van der Waals surface area contributed by atoms with E-state index in [4.69, 9.17) is 4.74 Å². The number of aromatic nitrogens is 2. The van der Waals surface area contributed by atoms with Crippen molar-refractivity contribution in [1.82, 2.24) is 9.97 Å². The number of anilines is 2. The Hall–Kier alpha value is -2.47. The van der Waals surface area contributed by atoms with Crippen LogP contribution in [0, 0.1) is 5.95 Å². The van der Waals surface area contributed by atoms with Crippen LogP contribution in [0.3, 0.4) is 0 Å². The van der Waals surface area contributed by atoms with Crippen molar-refractivity contribution in [2.45, 2.75) is 39.0 Å². The predicted molar refractivity (Wildman–Crippen MR) is 109 cm³/mol. The molecule has 0 fully saturated rings. The van der Waals surface area contributed by atoms with Gasteiger partial charge < -0.3 is 10.1 Å². The van der Waals surface area contributed by atoms with Crippen LogP contribution in [0.5, 0.6) is 5.75 Å². The van der Waals surface area contributed by atoms with Gasteiger partial charge in [-0.15, -0.1) is 11.3 Å². The first-order valence-corrected chi connectivity index (χ1v) is 10.2. The summed E-state index contributed by atoms with van der Waals surface area (Å²) in [4.78, 5) is 8.19. The van der Waals surface area contributed by atoms with Crippen molar-refractivity contribution in [2.75, 3.05) is 11.9 Å². The zero-order chi connectivity index (χ0) is 18.9. The van der Waals surface area contributed by atoms with Crippen LogP contribution in [-0.2, 0) is 0 Å². The van der Waals surface area contributed by atoms with Gasteiger partial charge in [0.05, 0.1) is 12.3 Å². The smallest absolute Gasteiger partial charge is 0.212 e. The number of ether oxygens (including phenoxy) is 1. The molecule has 6 heteroatoms. The second-order valence-electron chi connectivity index (χ2n) is 6.32. The minimum Gasteiger partial charge on any atom is -0.494 e. The van der Waals surface area contributed by atoms with Crippen LogP contribution in [0.2, 0.25) is 0 Å². The third-order valence-electron chi connectivity index (χ3n) is 4.15.